The SMILES string of the molecule is CCN(C(=O)CCNc1ccccc1OC(C)C)c1cccc(C)c1. The van der Waals surface area contributed by atoms with Gasteiger partial charge < -0.3 is 15.0 Å². The predicted molar refractivity (Wildman–Crippen MR) is 105 cm³/mol. The van der Waals surface area contributed by atoms with Crippen molar-refractivity contribution in [1.29, 1.82) is 0 Å². The smallest absolute Gasteiger partial charge is 0.228 e. The largest absolute Gasteiger partial charge is 0.489 e. The quantitative estimate of drug-likeness (QED) is 0.761. The highest BCUT2D eigenvalue weighted by Gasteiger charge is 2.14. The van der Waals surface area contributed by atoms with Crippen LogP contribution < -0.4 is 15.0 Å². The van der Waals surface area contributed by atoms with E-state index in [1.165, 1.54) is 0 Å². The molecule has 1 amide bonds. The van der Waals surface area contributed by atoms with E-state index >= 15 is 0 Å². The monoisotopic (exact) mass is 340 g/mol. The first-order valence-electron chi connectivity index (χ1n) is 8.88. The first-order chi connectivity index (χ1) is 12.0. The van der Waals surface area contributed by atoms with Gasteiger partial charge >= 0.3 is 0 Å². The third-order valence-corrected chi connectivity index (χ3v) is 3.83. The molecule has 134 valence electrons. The van der Waals surface area contributed by atoms with Crippen LogP contribution in [-0.2, 0) is 4.79 Å². The number of ether oxygens (including phenoxy) is 1. The molecule has 0 unspecified atom stereocenters. The van der Waals surface area contributed by atoms with Gasteiger partial charge in [-0.05, 0) is 57.5 Å². The fourth-order valence-corrected chi connectivity index (χ4v) is 2.71. The minimum atomic E-state index is 0.112. The lowest BCUT2D eigenvalue weighted by atomic mass is 10.2. The van der Waals surface area contributed by atoms with Crippen molar-refractivity contribution in [2.24, 2.45) is 0 Å². The van der Waals surface area contributed by atoms with Crippen molar-refractivity contribution in [1.82, 2.24) is 0 Å². The van der Waals surface area contributed by atoms with E-state index in [4.69, 9.17) is 4.74 Å². The van der Waals surface area contributed by atoms with Crippen LogP contribution in [0.2, 0.25) is 0 Å². The number of hydrogen-bond acceptors (Lipinski definition) is 3. The number of benzene rings is 2. The molecule has 0 saturated heterocycles. The minimum absolute atomic E-state index is 0.112. The number of para-hydroxylation sites is 2. The van der Waals surface area contributed by atoms with Crippen molar-refractivity contribution < 1.29 is 9.53 Å². The lowest BCUT2D eigenvalue weighted by molar-refractivity contribution is -0.118. The van der Waals surface area contributed by atoms with E-state index in [9.17, 15) is 4.79 Å². The van der Waals surface area contributed by atoms with Crippen molar-refractivity contribution in [2.45, 2.75) is 40.2 Å². The van der Waals surface area contributed by atoms with E-state index in [0.717, 1.165) is 22.7 Å². The molecule has 0 saturated carbocycles. The fourth-order valence-electron chi connectivity index (χ4n) is 2.71. The number of hydrogen-bond donors (Lipinski definition) is 1. The Morgan fingerprint density at radius 2 is 1.92 bits per heavy atom. The van der Waals surface area contributed by atoms with Gasteiger partial charge in [-0.2, -0.15) is 0 Å². The number of carbonyl (C=O) groups excluding carboxylic acids is 1. The predicted octanol–water partition coefficient (Wildman–Crippen LogP) is 4.64. The molecule has 2 rings (SSSR count). The average molecular weight is 340 g/mol. The maximum absolute atomic E-state index is 12.6. The second kappa shape index (κ2) is 9.11. The summed E-state index contributed by atoms with van der Waals surface area (Å²) in [5, 5.41) is 3.32. The molecule has 25 heavy (non-hydrogen) atoms. The van der Waals surface area contributed by atoms with Gasteiger partial charge in [-0.25, -0.2) is 0 Å². The Morgan fingerprint density at radius 3 is 2.60 bits per heavy atom. The van der Waals surface area contributed by atoms with Gasteiger partial charge in [0.05, 0.1) is 11.8 Å². The Hall–Kier alpha value is -2.49. The number of rotatable bonds is 8. The van der Waals surface area contributed by atoms with Crippen molar-refractivity contribution in [3.8, 4) is 5.75 Å². The number of nitrogens with one attached hydrogen (secondary N) is 1. The van der Waals surface area contributed by atoms with Gasteiger partial charge in [0, 0.05) is 25.2 Å². The Morgan fingerprint density at radius 1 is 1.16 bits per heavy atom. The van der Waals surface area contributed by atoms with E-state index in [-0.39, 0.29) is 12.0 Å². The summed E-state index contributed by atoms with van der Waals surface area (Å²) in [6.07, 6.45) is 0.541. The van der Waals surface area contributed by atoms with Gasteiger partial charge in [-0.15, -0.1) is 0 Å². The molecule has 0 heterocycles. The van der Waals surface area contributed by atoms with Crippen LogP contribution in [0.15, 0.2) is 48.5 Å². The van der Waals surface area contributed by atoms with Crippen LogP contribution in [-0.4, -0.2) is 25.1 Å². The van der Waals surface area contributed by atoms with Gasteiger partial charge in [0.25, 0.3) is 0 Å². The molecule has 0 aliphatic rings. The molecule has 0 radical (unpaired) electrons. The lowest BCUT2D eigenvalue weighted by Crippen LogP contribution is -2.31. The van der Waals surface area contributed by atoms with E-state index in [0.29, 0.717) is 19.5 Å². The van der Waals surface area contributed by atoms with Crippen LogP contribution in [0.25, 0.3) is 0 Å². The van der Waals surface area contributed by atoms with E-state index in [2.05, 4.69) is 5.32 Å². The number of nitrogens with zero attached hydrogens (tertiary/aromatic N) is 1. The number of anilines is 2. The van der Waals surface area contributed by atoms with Gasteiger partial charge in [0.15, 0.2) is 0 Å². The maximum Gasteiger partial charge on any atom is 0.228 e. The number of amides is 1. The lowest BCUT2D eigenvalue weighted by Gasteiger charge is -2.22. The maximum atomic E-state index is 12.6. The first-order valence-corrected chi connectivity index (χ1v) is 8.88. The molecule has 0 spiro atoms. The van der Waals surface area contributed by atoms with E-state index in [1.807, 2.05) is 81.1 Å². The molecule has 2 aromatic rings. The fraction of sp³-hybridized carbons (Fsp3) is 0.381. The van der Waals surface area contributed by atoms with Crippen molar-refractivity contribution >= 4 is 17.3 Å². The Bertz CT molecular complexity index is 698. The highest BCUT2D eigenvalue weighted by atomic mass is 16.5. The third kappa shape index (κ3) is 5.52. The molecular formula is C21H28N2O2. The zero-order chi connectivity index (χ0) is 18.2. The molecule has 0 bridgehead atoms. The summed E-state index contributed by atoms with van der Waals surface area (Å²) in [7, 11) is 0. The molecule has 0 aromatic heterocycles. The zero-order valence-electron chi connectivity index (χ0n) is 15.6. The van der Waals surface area contributed by atoms with Crippen molar-refractivity contribution in [3.63, 3.8) is 0 Å². The van der Waals surface area contributed by atoms with Gasteiger partial charge in [0.1, 0.15) is 5.75 Å². The number of carbonyl (C=O) groups is 1. The van der Waals surface area contributed by atoms with Crippen LogP contribution in [0.5, 0.6) is 5.75 Å². The molecule has 0 aliphatic carbocycles. The third-order valence-electron chi connectivity index (χ3n) is 3.83. The Kier molecular flexibility index (Phi) is 6.87. The van der Waals surface area contributed by atoms with Gasteiger partial charge in [-0.1, -0.05) is 24.3 Å². The minimum Gasteiger partial charge on any atom is -0.489 e. The van der Waals surface area contributed by atoms with Crippen molar-refractivity contribution in [2.75, 3.05) is 23.3 Å². The normalized spacial score (nSPS) is 10.6. The highest BCUT2D eigenvalue weighted by Crippen LogP contribution is 2.25. The molecule has 2 aromatic carbocycles. The van der Waals surface area contributed by atoms with Crippen LogP contribution in [0, 0.1) is 6.92 Å². The molecule has 0 fully saturated rings. The van der Waals surface area contributed by atoms with Gasteiger partial charge in [0.2, 0.25) is 5.91 Å². The zero-order valence-corrected chi connectivity index (χ0v) is 15.6. The van der Waals surface area contributed by atoms with Crippen LogP contribution in [0.3, 0.4) is 0 Å². The standard InChI is InChI=1S/C21H28N2O2/c1-5-23(18-10-8-9-17(4)15-18)21(24)13-14-22-19-11-6-7-12-20(19)25-16(2)3/h6-12,15-16,22H,5,13-14H2,1-4H3. The Labute approximate surface area is 150 Å². The van der Waals surface area contributed by atoms with E-state index in [1.54, 1.807) is 0 Å². The Balaban J connectivity index is 1.96. The summed E-state index contributed by atoms with van der Waals surface area (Å²) < 4.78 is 5.80. The highest BCUT2D eigenvalue weighted by molar-refractivity contribution is 5.93. The molecule has 1 N–H and O–H groups in total. The molecule has 4 heteroatoms. The number of aryl methyl sites for hydroxylation is 1. The van der Waals surface area contributed by atoms with Crippen LogP contribution >= 0.6 is 0 Å². The first kappa shape index (κ1) is 18.8. The second-order valence-corrected chi connectivity index (χ2v) is 6.32. The van der Waals surface area contributed by atoms with Crippen LogP contribution in [0.4, 0.5) is 11.4 Å². The topological polar surface area (TPSA) is 41.6 Å². The summed E-state index contributed by atoms with van der Waals surface area (Å²) in [5.41, 5.74) is 3.03. The van der Waals surface area contributed by atoms with E-state index < -0.39 is 0 Å². The second-order valence-electron chi connectivity index (χ2n) is 6.32. The molecular weight excluding hydrogens is 312 g/mol. The summed E-state index contributed by atoms with van der Waals surface area (Å²) in [5.74, 6) is 0.929. The summed E-state index contributed by atoms with van der Waals surface area (Å²) in [6.45, 7) is 9.27. The summed E-state index contributed by atoms with van der Waals surface area (Å²) in [4.78, 5) is 14.4. The summed E-state index contributed by atoms with van der Waals surface area (Å²) >= 11 is 0. The summed E-state index contributed by atoms with van der Waals surface area (Å²) in [6, 6.07) is 15.9. The molecule has 0 atom stereocenters. The molecule has 0 aliphatic heterocycles. The van der Waals surface area contributed by atoms with Crippen molar-refractivity contribution in [3.05, 3.63) is 54.1 Å². The average Bonchev–Trinajstić information content (AvgIpc) is 2.57. The van der Waals surface area contributed by atoms with Gasteiger partial charge in [-0.3, -0.25) is 4.79 Å². The molecule has 4 nitrogen and oxygen atoms in total. The van der Waals surface area contributed by atoms with Crippen LogP contribution in [0.1, 0.15) is 32.8 Å².